The molecule has 1 aliphatic heterocycles. The number of likely N-dealkylation sites (N-methyl/N-ethyl adjacent to an activating group) is 1. The third-order valence-corrected chi connectivity index (χ3v) is 2.96. The maximum absolute atomic E-state index is 10.7. The predicted molar refractivity (Wildman–Crippen MR) is 60.8 cm³/mol. The Kier molecular flexibility index (Phi) is 2.68. The van der Waals surface area contributed by atoms with E-state index >= 15 is 0 Å². The Morgan fingerprint density at radius 1 is 1.62 bits per heavy atom. The predicted octanol–water partition coefficient (Wildman–Crippen LogP) is 1.19. The molecule has 0 unspecified atom stereocenters. The van der Waals surface area contributed by atoms with Crippen LogP contribution in [-0.4, -0.2) is 47.3 Å². The van der Waals surface area contributed by atoms with E-state index in [0.29, 0.717) is 0 Å². The van der Waals surface area contributed by atoms with Crippen LogP contribution in [0.3, 0.4) is 0 Å². The number of rotatable bonds is 2. The van der Waals surface area contributed by atoms with Crippen molar-refractivity contribution >= 4 is 11.8 Å². The molecule has 1 aromatic rings. The van der Waals surface area contributed by atoms with E-state index in [0.717, 1.165) is 24.5 Å². The first-order valence-corrected chi connectivity index (χ1v) is 5.21. The van der Waals surface area contributed by atoms with E-state index in [1.165, 1.54) is 4.90 Å². The Balaban J connectivity index is 1.96. The molecule has 2 heterocycles. The third kappa shape index (κ3) is 1.93. The molecular weight excluding hydrogens is 206 g/mol. The Labute approximate surface area is 94.3 Å². The van der Waals surface area contributed by atoms with Crippen molar-refractivity contribution in [3.8, 4) is 0 Å². The smallest absolute Gasteiger partial charge is 0.407 e. The zero-order chi connectivity index (χ0) is 11.7. The van der Waals surface area contributed by atoms with Gasteiger partial charge in [-0.25, -0.2) is 4.79 Å². The van der Waals surface area contributed by atoms with Crippen LogP contribution in [0.15, 0.2) is 18.3 Å². The Hall–Kier alpha value is -1.78. The number of pyridine rings is 1. The molecule has 1 N–H and O–H groups in total. The van der Waals surface area contributed by atoms with Crippen LogP contribution in [0.5, 0.6) is 0 Å². The molecule has 5 heteroatoms. The summed E-state index contributed by atoms with van der Waals surface area (Å²) in [4.78, 5) is 18.4. The number of carbonyl (C=O) groups is 1. The van der Waals surface area contributed by atoms with Gasteiger partial charge in [-0.3, -0.25) is 4.98 Å². The summed E-state index contributed by atoms with van der Waals surface area (Å²) in [5.74, 6) is 0. The number of amides is 1. The van der Waals surface area contributed by atoms with E-state index in [2.05, 4.69) is 9.88 Å². The van der Waals surface area contributed by atoms with Crippen LogP contribution in [0.25, 0.3) is 0 Å². The van der Waals surface area contributed by atoms with Crippen molar-refractivity contribution in [2.45, 2.75) is 13.0 Å². The van der Waals surface area contributed by atoms with Crippen molar-refractivity contribution < 1.29 is 9.90 Å². The minimum atomic E-state index is -0.865. The van der Waals surface area contributed by atoms with Crippen LogP contribution in [0, 0.1) is 6.92 Å². The summed E-state index contributed by atoms with van der Waals surface area (Å²) in [5, 5.41) is 8.82. The molecule has 1 aliphatic rings. The maximum atomic E-state index is 10.7. The topological polar surface area (TPSA) is 56.7 Å². The van der Waals surface area contributed by atoms with Crippen LogP contribution in [0.2, 0.25) is 0 Å². The van der Waals surface area contributed by atoms with E-state index < -0.39 is 6.09 Å². The molecule has 0 radical (unpaired) electrons. The minimum absolute atomic E-state index is 0.103. The first-order chi connectivity index (χ1) is 7.58. The molecule has 16 heavy (non-hydrogen) atoms. The summed E-state index contributed by atoms with van der Waals surface area (Å²) in [6.45, 7) is 3.46. The molecule has 1 saturated heterocycles. The van der Waals surface area contributed by atoms with Crippen molar-refractivity contribution in [2.24, 2.45) is 0 Å². The number of hydrogen-bond acceptors (Lipinski definition) is 3. The second-order valence-corrected chi connectivity index (χ2v) is 4.11. The summed E-state index contributed by atoms with van der Waals surface area (Å²) in [5.41, 5.74) is 2.09. The lowest BCUT2D eigenvalue weighted by atomic mass is 10.1. The molecular formula is C11H15N3O2. The van der Waals surface area contributed by atoms with Crippen molar-refractivity contribution in [3.05, 3.63) is 24.0 Å². The highest BCUT2D eigenvalue weighted by atomic mass is 16.4. The van der Waals surface area contributed by atoms with Crippen LogP contribution in [0.4, 0.5) is 10.5 Å². The van der Waals surface area contributed by atoms with Crippen LogP contribution >= 0.6 is 0 Å². The molecule has 86 valence electrons. The Bertz CT molecular complexity index is 402. The van der Waals surface area contributed by atoms with Crippen LogP contribution < -0.4 is 4.90 Å². The van der Waals surface area contributed by atoms with Gasteiger partial charge in [0.15, 0.2) is 0 Å². The molecule has 0 saturated carbocycles. The number of aromatic nitrogens is 1. The number of aryl methyl sites for hydroxylation is 1. The van der Waals surface area contributed by atoms with Gasteiger partial charge in [0.05, 0.1) is 6.04 Å². The zero-order valence-electron chi connectivity index (χ0n) is 9.42. The quantitative estimate of drug-likeness (QED) is 0.815. The largest absolute Gasteiger partial charge is 0.465 e. The van der Waals surface area contributed by atoms with Gasteiger partial charge in [0.2, 0.25) is 0 Å². The zero-order valence-corrected chi connectivity index (χ0v) is 9.42. The molecule has 1 amide bonds. The van der Waals surface area contributed by atoms with Gasteiger partial charge in [-0.1, -0.05) is 0 Å². The van der Waals surface area contributed by atoms with Gasteiger partial charge in [-0.2, -0.15) is 0 Å². The Morgan fingerprint density at radius 2 is 2.31 bits per heavy atom. The van der Waals surface area contributed by atoms with Gasteiger partial charge < -0.3 is 14.9 Å². The highest BCUT2D eigenvalue weighted by Crippen LogP contribution is 2.23. The minimum Gasteiger partial charge on any atom is -0.465 e. The fourth-order valence-corrected chi connectivity index (χ4v) is 1.79. The number of nitrogens with zero attached hydrogens (tertiary/aromatic N) is 3. The monoisotopic (exact) mass is 221 g/mol. The lowest BCUT2D eigenvalue weighted by Gasteiger charge is -2.44. The SMILES string of the molecule is Cc1cc(N2CC(N(C)C(=O)O)C2)ccn1. The van der Waals surface area contributed by atoms with Crippen molar-refractivity contribution in [1.29, 1.82) is 0 Å². The van der Waals surface area contributed by atoms with Crippen molar-refractivity contribution in [1.82, 2.24) is 9.88 Å². The molecule has 0 atom stereocenters. The maximum Gasteiger partial charge on any atom is 0.407 e. The molecule has 0 spiro atoms. The highest BCUT2D eigenvalue weighted by Gasteiger charge is 2.32. The van der Waals surface area contributed by atoms with Crippen LogP contribution in [-0.2, 0) is 0 Å². The van der Waals surface area contributed by atoms with Gasteiger partial charge in [-0.15, -0.1) is 0 Å². The van der Waals surface area contributed by atoms with E-state index in [9.17, 15) is 4.79 Å². The average molecular weight is 221 g/mol. The van der Waals surface area contributed by atoms with E-state index in [-0.39, 0.29) is 6.04 Å². The summed E-state index contributed by atoms with van der Waals surface area (Å²) >= 11 is 0. The molecule has 1 fully saturated rings. The summed E-state index contributed by atoms with van der Waals surface area (Å²) in [6.07, 6.45) is 0.911. The van der Waals surface area contributed by atoms with Crippen molar-refractivity contribution in [2.75, 3.05) is 25.0 Å². The summed E-state index contributed by atoms with van der Waals surface area (Å²) in [7, 11) is 1.61. The standard InChI is InChI=1S/C11H15N3O2/c1-8-5-9(3-4-12-8)14-6-10(7-14)13(2)11(15)16/h3-5,10H,6-7H2,1-2H3,(H,15,16). The van der Waals surface area contributed by atoms with E-state index in [1.807, 2.05) is 19.1 Å². The number of anilines is 1. The van der Waals surface area contributed by atoms with Gasteiger partial charge in [-0.05, 0) is 19.1 Å². The fourth-order valence-electron chi connectivity index (χ4n) is 1.79. The van der Waals surface area contributed by atoms with E-state index in [4.69, 9.17) is 5.11 Å². The first kappa shape index (κ1) is 10.7. The molecule has 0 aliphatic carbocycles. The molecule has 0 bridgehead atoms. The normalized spacial score (nSPS) is 15.8. The summed E-state index contributed by atoms with van der Waals surface area (Å²) in [6, 6.07) is 4.06. The van der Waals surface area contributed by atoms with Gasteiger partial charge in [0, 0.05) is 37.7 Å². The number of carboxylic acid groups (broad SMARTS) is 1. The average Bonchev–Trinajstić information content (AvgIpc) is 2.15. The number of hydrogen-bond donors (Lipinski definition) is 1. The van der Waals surface area contributed by atoms with Gasteiger partial charge in [0.25, 0.3) is 0 Å². The second kappa shape index (κ2) is 4.00. The Morgan fingerprint density at radius 3 is 2.88 bits per heavy atom. The molecule has 0 aromatic carbocycles. The third-order valence-electron chi connectivity index (χ3n) is 2.96. The van der Waals surface area contributed by atoms with Gasteiger partial charge >= 0.3 is 6.09 Å². The molecule has 2 rings (SSSR count). The lowest BCUT2D eigenvalue weighted by molar-refractivity contribution is 0.130. The molecule has 5 nitrogen and oxygen atoms in total. The van der Waals surface area contributed by atoms with Crippen LogP contribution in [0.1, 0.15) is 5.69 Å². The fraction of sp³-hybridized carbons (Fsp3) is 0.455. The molecule has 1 aromatic heterocycles. The second-order valence-electron chi connectivity index (χ2n) is 4.11. The summed E-state index contributed by atoms with van der Waals surface area (Å²) < 4.78 is 0. The first-order valence-electron chi connectivity index (χ1n) is 5.21. The highest BCUT2D eigenvalue weighted by molar-refractivity contribution is 5.66. The lowest BCUT2D eigenvalue weighted by Crippen LogP contribution is -2.59. The van der Waals surface area contributed by atoms with Crippen molar-refractivity contribution in [3.63, 3.8) is 0 Å². The van der Waals surface area contributed by atoms with E-state index in [1.54, 1.807) is 13.2 Å². The van der Waals surface area contributed by atoms with Gasteiger partial charge in [0.1, 0.15) is 0 Å².